The van der Waals surface area contributed by atoms with Gasteiger partial charge in [-0.05, 0) is 55.2 Å². The molecule has 0 saturated heterocycles. The van der Waals surface area contributed by atoms with E-state index in [0.29, 0.717) is 4.47 Å². The summed E-state index contributed by atoms with van der Waals surface area (Å²) in [4.78, 5) is 0. The fourth-order valence-electron chi connectivity index (χ4n) is 2.20. The fraction of sp³-hybridized carbons (Fsp3) is 0.250. The van der Waals surface area contributed by atoms with Crippen molar-refractivity contribution in [2.45, 2.75) is 26.9 Å². The molecular weight excluding hydrogens is 307 g/mol. The molecule has 0 amide bonds. The molecule has 0 aromatic heterocycles. The monoisotopic (exact) mass is 322 g/mol. The summed E-state index contributed by atoms with van der Waals surface area (Å²) in [5.41, 5.74) is 4.25. The Balaban J connectivity index is 2.56. The Kier molecular flexibility index (Phi) is 4.07. The number of benzene rings is 2. The third-order valence-electron chi connectivity index (χ3n) is 3.45. The molecule has 1 unspecified atom stereocenters. The van der Waals surface area contributed by atoms with E-state index in [9.17, 15) is 9.50 Å². The average molecular weight is 323 g/mol. The molecule has 0 spiro atoms. The highest BCUT2D eigenvalue weighted by atomic mass is 79.9. The maximum Gasteiger partial charge on any atom is 0.130 e. The lowest BCUT2D eigenvalue weighted by Gasteiger charge is -2.18. The minimum atomic E-state index is -0.963. The molecule has 1 atom stereocenters. The van der Waals surface area contributed by atoms with E-state index >= 15 is 0 Å². The third kappa shape index (κ3) is 2.72. The van der Waals surface area contributed by atoms with Gasteiger partial charge in [-0.3, -0.25) is 0 Å². The standard InChI is InChI=1S/C16H16BrFO/c1-9-7-11(3)12(8-10(9)2)16(19)15-13(17)5-4-6-14(15)18/h4-8,16,19H,1-3H3. The van der Waals surface area contributed by atoms with Gasteiger partial charge in [-0.2, -0.15) is 0 Å². The van der Waals surface area contributed by atoms with Crippen molar-refractivity contribution < 1.29 is 9.50 Å². The molecule has 3 heteroatoms. The fourth-order valence-corrected chi connectivity index (χ4v) is 2.76. The summed E-state index contributed by atoms with van der Waals surface area (Å²) in [6.07, 6.45) is -0.963. The second-order valence-corrected chi connectivity index (χ2v) is 5.69. The van der Waals surface area contributed by atoms with Crippen molar-refractivity contribution in [3.63, 3.8) is 0 Å². The van der Waals surface area contributed by atoms with E-state index in [2.05, 4.69) is 15.9 Å². The molecule has 0 heterocycles. The van der Waals surface area contributed by atoms with Gasteiger partial charge in [-0.15, -0.1) is 0 Å². The van der Waals surface area contributed by atoms with Gasteiger partial charge >= 0.3 is 0 Å². The summed E-state index contributed by atoms with van der Waals surface area (Å²) in [5, 5.41) is 10.5. The van der Waals surface area contributed by atoms with Gasteiger partial charge in [0.1, 0.15) is 11.9 Å². The molecule has 1 nitrogen and oxygen atoms in total. The summed E-state index contributed by atoms with van der Waals surface area (Å²) in [6, 6.07) is 8.65. The van der Waals surface area contributed by atoms with Gasteiger partial charge in [0.15, 0.2) is 0 Å². The lowest BCUT2D eigenvalue weighted by atomic mass is 9.93. The molecule has 19 heavy (non-hydrogen) atoms. The Hall–Kier alpha value is -1.19. The van der Waals surface area contributed by atoms with Crippen LogP contribution < -0.4 is 0 Å². The third-order valence-corrected chi connectivity index (χ3v) is 4.14. The number of halogens is 2. The summed E-state index contributed by atoms with van der Waals surface area (Å²) in [7, 11) is 0. The molecular formula is C16H16BrFO. The number of aliphatic hydroxyl groups excluding tert-OH is 1. The first-order chi connectivity index (χ1) is 8.91. The quantitative estimate of drug-likeness (QED) is 0.857. The highest BCUT2D eigenvalue weighted by molar-refractivity contribution is 9.10. The molecule has 0 saturated carbocycles. The predicted octanol–water partition coefficient (Wildman–Crippen LogP) is 4.60. The van der Waals surface area contributed by atoms with Crippen molar-refractivity contribution in [2.75, 3.05) is 0 Å². The van der Waals surface area contributed by atoms with Gasteiger partial charge in [0.2, 0.25) is 0 Å². The zero-order valence-corrected chi connectivity index (χ0v) is 12.8. The van der Waals surface area contributed by atoms with E-state index in [-0.39, 0.29) is 5.56 Å². The maximum absolute atomic E-state index is 13.9. The van der Waals surface area contributed by atoms with Crippen LogP contribution in [0.3, 0.4) is 0 Å². The Labute approximate surface area is 121 Å². The number of rotatable bonds is 2. The first kappa shape index (κ1) is 14.2. The van der Waals surface area contributed by atoms with Crippen LogP contribution in [-0.4, -0.2) is 5.11 Å². The van der Waals surface area contributed by atoms with Crippen molar-refractivity contribution in [3.05, 3.63) is 68.4 Å². The van der Waals surface area contributed by atoms with E-state index in [1.165, 1.54) is 11.6 Å². The van der Waals surface area contributed by atoms with E-state index in [1.54, 1.807) is 12.1 Å². The normalized spacial score (nSPS) is 12.5. The average Bonchev–Trinajstić information content (AvgIpc) is 2.33. The van der Waals surface area contributed by atoms with Crippen LogP contribution in [0.2, 0.25) is 0 Å². The molecule has 0 aliphatic rings. The summed E-state index contributed by atoms with van der Waals surface area (Å²) < 4.78 is 14.5. The molecule has 0 aliphatic carbocycles. The largest absolute Gasteiger partial charge is 0.383 e. The van der Waals surface area contributed by atoms with Crippen LogP contribution in [0.25, 0.3) is 0 Å². The van der Waals surface area contributed by atoms with Crippen LogP contribution in [0.1, 0.15) is 33.9 Å². The lowest BCUT2D eigenvalue weighted by molar-refractivity contribution is 0.213. The number of aliphatic hydroxyl groups is 1. The van der Waals surface area contributed by atoms with Crippen LogP contribution in [0, 0.1) is 26.6 Å². The molecule has 0 bridgehead atoms. The zero-order valence-electron chi connectivity index (χ0n) is 11.2. The van der Waals surface area contributed by atoms with Gasteiger partial charge in [-0.25, -0.2) is 4.39 Å². The Morgan fingerprint density at radius 3 is 2.32 bits per heavy atom. The molecule has 100 valence electrons. The molecule has 0 fully saturated rings. The SMILES string of the molecule is Cc1cc(C)c(C(O)c2c(F)cccc2Br)cc1C. The van der Waals surface area contributed by atoms with Gasteiger partial charge < -0.3 is 5.11 Å². The predicted molar refractivity (Wildman–Crippen MR) is 78.8 cm³/mol. The van der Waals surface area contributed by atoms with Gasteiger partial charge in [0.05, 0.1) is 0 Å². The van der Waals surface area contributed by atoms with Gasteiger partial charge in [0, 0.05) is 10.0 Å². The maximum atomic E-state index is 13.9. The van der Waals surface area contributed by atoms with Crippen molar-refractivity contribution in [1.29, 1.82) is 0 Å². The molecule has 2 aromatic rings. The van der Waals surface area contributed by atoms with Gasteiger partial charge in [-0.1, -0.05) is 34.1 Å². The summed E-state index contributed by atoms with van der Waals surface area (Å²) in [6.45, 7) is 5.94. The lowest BCUT2D eigenvalue weighted by Crippen LogP contribution is -2.06. The van der Waals surface area contributed by atoms with Crippen LogP contribution in [0.4, 0.5) is 4.39 Å². The molecule has 2 rings (SSSR count). The van der Waals surface area contributed by atoms with Crippen LogP contribution in [-0.2, 0) is 0 Å². The van der Waals surface area contributed by atoms with Crippen LogP contribution in [0.15, 0.2) is 34.8 Å². The highest BCUT2D eigenvalue weighted by Crippen LogP contribution is 2.33. The highest BCUT2D eigenvalue weighted by Gasteiger charge is 2.20. The van der Waals surface area contributed by atoms with Crippen LogP contribution in [0.5, 0.6) is 0 Å². The van der Waals surface area contributed by atoms with E-state index in [4.69, 9.17) is 0 Å². The van der Waals surface area contributed by atoms with Crippen molar-refractivity contribution in [1.82, 2.24) is 0 Å². The van der Waals surface area contributed by atoms with E-state index in [0.717, 1.165) is 16.7 Å². The molecule has 1 N–H and O–H groups in total. The first-order valence-electron chi connectivity index (χ1n) is 6.11. The minimum absolute atomic E-state index is 0.286. The van der Waals surface area contributed by atoms with E-state index in [1.807, 2.05) is 32.9 Å². The van der Waals surface area contributed by atoms with Crippen molar-refractivity contribution in [2.24, 2.45) is 0 Å². The Bertz CT molecular complexity index is 602. The summed E-state index contributed by atoms with van der Waals surface area (Å²) in [5.74, 6) is -0.403. The second kappa shape index (κ2) is 5.43. The number of hydrogen-bond donors (Lipinski definition) is 1. The van der Waals surface area contributed by atoms with E-state index < -0.39 is 11.9 Å². The second-order valence-electron chi connectivity index (χ2n) is 4.83. The van der Waals surface area contributed by atoms with Crippen LogP contribution >= 0.6 is 15.9 Å². The van der Waals surface area contributed by atoms with Crippen molar-refractivity contribution >= 4 is 15.9 Å². The van der Waals surface area contributed by atoms with Crippen molar-refractivity contribution in [3.8, 4) is 0 Å². The minimum Gasteiger partial charge on any atom is -0.383 e. The Morgan fingerprint density at radius 1 is 1.05 bits per heavy atom. The zero-order chi connectivity index (χ0) is 14.2. The first-order valence-corrected chi connectivity index (χ1v) is 6.91. The Morgan fingerprint density at radius 2 is 1.68 bits per heavy atom. The number of aryl methyl sites for hydroxylation is 3. The molecule has 0 aliphatic heterocycles. The summed E-state index contributed by atoms with van der Waals surface area (Å²) >= 11 is 3.30. The topological polar surface area (TPSA) is 20.2 Å². The van der Waals surface area contributed by atoms with Gasteiger partial charge in [0.25, 0.3) is 0 Å². The number of hydrogen-bond acceptors (Lipinski definition) is 1. The smallest absolute Gasteiger partial charge is 0.130 e. The molecule has 0 radical (unpaired) electrons. The molecule has 2 aromatic carbocycles.